The van der Waals surface area contributed by atoms with Crippen molar-refractivity contribution in [2.45, 2.75) is 0 Å². The Bertz CT molecular complexity index is 44.9. The smallest absolute Gasteiger partial charge is 0.255 e. The quantitative estimate of drug-likeness (QED) is 0.440. The molecule has 5 heavy (non-hydrogen) atoms. The van der Waals surface area contributed by atoms with Gasteiger partial charge in [-0.2, -0.15) is 0 Å². The lowest BCUT2D eigenvalue weighted by atomic mass is 11.6. The molecule has 0 aromatic carbocycles. The second-order valence-electron chi connectivity index (χ2n) is 0.482. The van der Waals surface area contributed by atoms with Crippen LogP contribution in [0.1, 0.15) is 0 Å². The zero-order valence-corrected chi connectivity index (χ0v) is 3.56. The van der Waals surface area contributed by atoms with Gasteiger partial charge in [-0.25, -0.2) is 5.09 Å². The van der Waals surface area contributed by atoms with E-state index in [0.717, 1.165) is 0 Å². The molecule has 0 aromatic rings. The fourth-order valence-corrected chi connectivity index (χ4v) is 0. The van der Waals surface area contributed by atoms with Crippen LogP contribution in [0.3, 0.4) is 0 Å². The maximum atomic E-state index is 9.38. The third kappa shape index (κ3) is 4.15. The summed E-state index contributed by atoms with van der Waals surface area (Å²) in [5.74, 6) is 0. The Hall–Kier alpha value is 0.150. The molecule has 1 atom stereocenters. The van der Waals surface area contributed by atoms with E-state index in [1.54, 1.807) is 0 Å². The molecule has 1 unspecified atom stereocenters. The van der Waals surface area contributed by atoms with Crippen molar-refractivity contribution in [3.05, 3.63) is 7.05 Å². The van der Waals surface area contributed by atoms with E-state index in [0.29, 0.717) is 0 Å². The molecule has 31 valence electrons. The standard InChI is InChI=1S/CH5NO2P/c1-2-5(3)4/h5H,1H2,(H2,2,3,4). The van der Waals surface area contributed by atoms with Crippen molar-refractivity contribution in [1.29, 1.82) is 0 Å². The van der Waals surface area contributed by atoms with Crippen molar-refractivity contribution < 1.29 is 9.46 Å². The van der Waals surface area contributed by atoms with Crippen LogP contribution in [0.2, 0.25) is 0 Å². The van der Waals surface area contributed by atoms with Crippen LogP contribution in [0.25, 0.3) is 0 Å². The van der Waals surface area contributed by atoms with Gasteiger partial charge in [0.25, 0.3) is 8.18 Å². The molecule has 0 fully saturated rings. The van der Waals surface area contributed by atoms with Crippen LogP contribution >= 0.6 is 8.18 Å². The van der Waals surface area contributed by atoms with Gasteiger partial charge in [0.05, 0.1) is 0 Å². The first kappa shape index (κ1) is 5.15. The van der Waals surface area contributed by atoms with Crippen molar-refractivity contribution in [3.63, 3.8) is 0 Å². The first-order valence-electron chi connectivity index (χ1n) is 1.03. The van der Waals surface area contributed by atoms with E-state index in [-0.39, 0.29) is 0 Å². The Morgan fingerprint density at radius 3 is 2.20 bits per heavy atom. The van der Waals surface area contributed by atoms with Gasteiger partial charge in [-0.3, -0.25) is 4.57 Å². The van der Waals surface area contributed by atoms with Crippen molar-refractivity contribution in [3.8, 4) is 0 Å². The van der Waals surface area contributed by atoms with Crippen molar-refractivity contribution in [1.82, 2.24) is 5.09 Å². The molecule has 0 heterocycles. The second kappa shape index (κ2) is 2.39. The molecular formula is CH5NO2P. The van der Waals surface area contributed by atoms with Gasteiger partial charge >= 0.3 is 0 Å². The van der Waals surface area contributed by atoms with Gasteiger partial charge in [-0.1, -0.05) is 0 Å². The van der Waals surface area contributed by atoms with Crippen LogP contribution in [0, 0.1) is 7.05 Å². The third-order valence-electron chi connectivity index (χ3n) is 0.151. The summed E-state index contributed by atoms with van der Waals surface area (Å²) in [5.41, 5.74) is 0. The monoisotopic (exact) mass is 94.0 g/mol. The van der Waals surface area contributed by atoms with Crippen LogP contribution in [0.4, 0.5) is 0 Å². The summed E-state index contributed by atoms with van der Waals surface area (Å²) in [7, 11) is 0.433. The highest BCUT2D eigenvalue weighted by atomic mass is 31.1. The summed E-state index contributed by atoms with van der Waals surface area (Å²) in [4.78, 5) is 7.73. The topological polar surface area (TPSA) is 49.3 Å². The van der Waals surface area contributed by atoms with E-state index in [1.807, 2.05) is 5.09 Å². The highest BCUT2D eigenvalue weighted by molar-refractivity contribution is 7.35. The lowest BCUT2D eigenvalue weighted by Gasteiger charge is -1.78. The van der Waals surface area contributed by atoms with Gasteiger partial charge in [-0.15, -0.1) is 0 Å². The zero-order valence-electron chi connectivity index (χ0n) is 2.56. The Kier molecular flexibility index (Phi) is 2.46. The van der Waals surface area contributed by atoms with Crippen molar-refractivity contribution in [2.24, 2.45) is 0 Å². The Labute approximate surface area is 30.9 Å². The Morgan fingerprint density at radius 1 is 2.00 bits per heavy atom. The number of hydrogen-bond donors (Lipinski definition) is 2. The summed E-state index contributed by atoms with van der Waals surface area (Å²) < 4.78 is 9.38. The van der Waals surface area contributed by atoms with Crippen LogP contribution in [-0.2, 0) is 4.57 Å². The van der Waals surface area contributed by atoms with Crippen LogP contribution in [-0.4, -0.2) is 4.89 Å². The second-order valence-corrected chi connectivity index (χ2v) is 1.45. The molecule has 3 nitrogen and oxygen atoms in total. The maximum Gasteiger partial charge on any atom is 0.255 e. The lowest BCUT2D eigenvalue weighted by molar-refractivity contribution is 0.497. The number of hydrogen-bond acceptors (Lipinski definition) is 1. The average molecular weight is 94.0 g/mol. The predicted octanol–water partition coefficient (Wildman–Crippen LogP) is -0.250. The molecule has 0 aliphatic carbocycles. The fourth-order valence-electron chi connectivity index (χ4n) is 0. The molecule has 0 aliphatic rings. The van der Waals surface area contributed by atoms with E-state index in [2.05, 4.69) is 7.05 Å². The molecule has 4 heteroatoms. The first-order chi connectivity index (χ1) is 2.27. The summed E-state index contributed by atoms with van der Waals surface area (Å²) in [6.07, 6.45) is 0. The van der Waals surface area contributed by atoms with Gasteiger partial charge in [0.1, 0.15) is 0 Å². The molecule has 0 saturated heterocycles. The molecule has 0 amide bonds. The predicted molar refractivity (Wildman–Crippen MR) is 19.7 cm³/mol. The molecule has 0 rings (SSSR count). The van der Waals surface area contributed by atoms with Crippen LogP contribution in [0.15, 0.2) is 0 Å². The number of nitrogens with one attached hydrogen (secondary N) is 1. The summed E-state index contributed by atoms with van der Waals surface area (Å²) in [6, 6.07) is 0. The normalized spacial score (nSPS) is 14.8. The lowest BCUT2D eigenvalue weighted by Crippen LogP contribution is -1.81. The Balaban J connectivity index is 2.85. The minimum absolute atomic E-state index is 1.88. The molecule has 1 radical (unpaired) electrons. The molecule has 2 N–H and O–H groups in total. The summed E-state index contributed by atoms with van der Waals surface area (Å²) in [6.45, 7) is 0. The summed E-state index contributed by atoms with van der Waals surface area (Å²) >= 11 is 0. The van der Waals surface area contributed by atoms with Crippen molar-refractivity contribution in [2.75, 3.05) is 0 Å². The van der Waals surface area contributed by atoms with E-state index >= 15 is 0 Å². The van der Waals surface area contributed by atoms with Gasteiger partial charge in [-0.05, 0) is 0 Å². The van der Waals surface area contributed by atoms with E-state index in [1.165, 1.54) is 0 Å². The first-order valence-corrected chi connectivity index (χ1v) is 2.39. The minimum Gasteiger partial charge on any atom is -0.335 e. The van der Waals surface area contributed by atoms with Gasteiger partial charge in [0, 0.05) is 7.05 Å². The van der Waals surface area contributed by atoms with E-state index in [9.17, 15) is 4.57 Å². The average Bonchev–Trinajstić information content (AvgIpc) is 1.38. The highest BCUT2D eigenvalue weighted by Crippen LogP contribution is 2.00. The van der Waals surface area contributed by atoms with Crippen LogP contribution < -0.4 is 5.09 Å². The van der Waals surface area contributed by atoms with Crippen molar-refractivity contribution >= 4 is 8.18 Å². The molecule has 0 spiro atoms. The molecule has 0 aromatic heterocycles. The molecular weight excluding hydrogens is 89.0 g/mol. The van der Waals surface area contributed by atoms with E-state index in [4.69, 9.17) is 4.89 Å². The number of rotatable bonds is 1. The Morgan fingerprint density at radius 2 is 2.20 bits per heavy atom. The summed E-state index contributed by atoms with van der Waals surface area (Å²) in [5, 5.41) is 1.88. The zero-order chi connectivity index (χ0) is 4.28. The molecule has 0 saturated carbocycles. The minimum atomic E-state index is -2.49. The highest BCUT2D eigenvalue weighted by Gasteiger charge is 1.72. The third-order valence-corrected chi connectivity index (χ3v) is 0.454. The van der Waals surface area contributed by atoms with Crippen LogP contribution in [0.5, 0.6) is 0 Å². The molecule has 0 aliphatic heterocycles. The maximum absolute atomic E-state index is 9.38. The molecule has 0 bridgehead atoms. The largest absolute Gasteiger partial charge is 0.335 e. The van der Waals surface area contributed by atoms with Gasteiger partial charge in [0.2, 0.25) is 0 Å². The van der Waals surface area contributed by atoms with Gasteiger partial charge in [0.15, 0.2) is 0 Å². The SMILES string of the molecule is [CH2]N[PH](=O)O. The van der Waals surface area contributed by atoms with E-state index < -0.39 is 8.18 Å². The fraction of sp³-hybridized carbons (Fsp3) is 0. The van der Waals surface area contributed by atoms with Gasteiger partial charge < -0.3 is 4.89 Å².